The Morgan fingerprint density at radius 3 is 2.67 bits per heavy atom. The lowest BCUT2D eigenvalue weighted by Gasteiger charge is -2.29. The zero-order valence-corrected chi connectivity index (χ0v) is 13.2. The van der Waals surface area contributed by atoms with Crippen molar-refractivity contribution in [3.05, 3.63) is 29.6 Å². The summed E-state index contributed by atoms with van der Waals surface area (Å²) in [6.07, 6.45) is 3.48. The molecule has 0 radical (unpaired) electrons. The first-order chi connectivity index (χ1) is 10.2. The lowest BCUT2D eigenvalue weighted by molar-refractivity contribution is 0.0179. The minimum atomic E-state index is -0.236. The molecular formula is C17H26FNO2. The maximum absolute atomic E-state index is 13.7. The molecule has 1 N–H and O–H groups in total. The van der Waals surface area contributed by atoms with Crippen LogP contribution in [0.3, 0.4) is 0 Å². The van der Waals surface area contributed by atoms with Crippen molar-refractivity contribution in [2.45, 2.75) is 45.3 Å². The van der Waals surface area contributed by atoms with Crippen LogP contribution in [0.25, 0.3) is 0 Å². The summed E-state index contributed by atoms with van der Waals surface area (Å²) in [4.78, 5) is 0. The second-order valence-corrected chi connectivity index (χ2v) is 5.58. The third-order valence-electron chi connectivity index (χ3n) is 3.92. The minimum absolute atomic E-state index is 0.0250. The first kappa shape index (κ1) is 16.2. The van der Waals surface area contributed by atoms with Crippen LogP contribution in [0.1, 0.15) is 44.7 Å². The van der Waals surface area contributed by atoms with Crippen molar-refractivity contribution in [1.82, 2.24) is 5.32 Å². The highest BCUT2D eigenvalue weighted by molar-refractivity contribution is 5.37. The van der Waals surface area contributed by atoms with Crippen molar-refractivity contribution in [3.8, 4) is 5.75 Å². The zero-order chi connectivity index (χ0) is 15.2. The second kappa shape index (κ2) is 7.76. The average Bonchev–Trinajstić information content (AvgIpc) is 3.31. The van der Waals surface area contributed by atoms with Crippen LogP contribution in [0, 0.1) is 11.7 Å². The highest BCUT2D eigenvalue weighted by Crippen LogP contribution is 2.42. The Morgan fingerprint density at radius 2 is 2.10 bits per heavy atom. The number of nitrogens with one attached hydrogen (secondary N) is 1. The van der Waals surface area contributed by atoms with Gasteiger partial charge in [0.25, 0.3) is 0 Å². The van der Waals surface area contributed by atoms with Crippen LogP contribution in [-0.2, 0) is 4.74 Å². The van der Waals surface area contributed by atoms with Gasteiger partial charge in [-0.15, -0.1) is 0 Å². The average molecular weight is 295 g/mol. The summed E-state index contributed by atoms with van der Waals surface area (Å²) in [6.45, 7) is 5.68. The van der Waals surface area contributed by atoms with E-state index in [2.05, 4.69) is 12.2 Å². The topological polar surface area (TPSA) is 30.5 Å². The van der Waals surface area contributed by atoms with E-state index in [4.69, 9.17) is 9.47 Å². The standard InChI is InChI=1S/C17H26FNO2/c1-4-10-19-16(17(21-5-2)12-6-7-12)14-11-13(18)8-9-15(14)20-3/h8-9,11-12,16-17,19H,4-7,10H2,1-3H3. The Kier molecular flexibility index (Phi) is 6.00. The van der Waals surface area contributed by atoms with Crippen LogP contribution in [0.5, 0.6) is 5.75 Å². The molecule has 0 aliphatic heterocycles. The van der Waals surface area contributed by atoms with Crippen molar-refractivity contribution in [2.75, 3.05) is 20.3 Å². The maximum Gasteiger partial charge on any atom is 0.123 e. The number of ether oxygens (including phenoxy) is 2. The Bertz CT molecular complexity index is 448. The third-order valence-corrected chi connectivity index (χ3v) is 3.92. The predicted octanol–water partition coefficient (Wildman–Crippen LogP) is 3.69. The maximum atomic E-state index is 13.7. The van der Waals surface area contributed by atoms with Crippen LogP contribution in [0.2, 0.25) is 0 Å². The monoisotopic (exact) mass is 295 g/mol. The molecule has 21 heavy (non-hydrogen) atoms. The summed E-state index contributed by atoms with van der Waals surface area (Å²) in [5, 5.41) is 3.52. The molecule has 1 fully saturated rings. The van der Waals surface area contributed by atoms with Gasteiger partial charge in [0, 0.05) is 12.2 Å². The molecule has 0 heterocycles. The molecule has 0 spiro atoms. The fourth-order valence-electron chi connectivity index (χ4n) is 2.77. The smallest absolute Gasteiger partial charge is 0.123 e. The van der Waals surface area contributed by atoms with E-state index in [1.54, 1.807) is 19.2 Å². The van der Waals surface area contributed by atoms with Gasteiger partial charge in [-0.3, -0.25) is 0 Å². The summed E-state index contributed by atoms with van der Waals surface area (Å²) >= 11 is 0. The van der Waals surface area contributed by atoms with E-state index in [1.165, 1.54) is 18.9 Å². The van der Waals surface area contributed by atoms with Gasteiger partial charge in [0.05, 0.1) is 19.3 Å². The van der Waals surface area contributed by atoms with E-state index in [0.29, 0.717) is 12.5 Å². The van der Waals surface area contributed by atoms with Crippen LogP contribution >= 0.6 is 0 Å². The molecule has 0 saturated heterocycles. The van der Waals surface area contributed by atoms with Crippen LogP contribution in [-0.4, -0.2) is 26.4 Å². The first-order valence-corrected chi connectivity index (χ1v) is 7.89. The van der Waals surface area contributed by atoms with Crippen molar-refractivity contribution in [3.63, 3.8) is 0 Å². The highest BCUT2D eigenvalue weighted by Gasteiger charge is 2.38. The summed E-state index contributed by atoms with van der Waals surface area (Å²) in [7, 11) is 1.63. The van der Waals surface area contributed by atoms with Crippen molar-refractivity contribution in [1.29, 1.82) is 0 Å². The zero-order valence-electron chi connectivity index (χ0n) is 13.2. The lowest BCUT2D eigenvalue weighted by Crippen LogP contribution is -2.36. The Labute approximate surface area is 126 Å². The van der Waals surface area contributed by atoms with Gasteiger partial charge in [0.15, 0.2) is 0 Å². The van der Waals surface area contributed by atoms with E-state index in [-0.39, 0.29) is 18.0 Å². The molecule has 1 saturated carbocycles. The van der Waals surface area contributed by atoms with Crippen molar-refractivity contribution < 1.29 is 13.9 Å². The van der Waals surface area contributed by atoms with Gasteiger partial charge < -0.3 is 14.8 Å². The summed E-state index contributed by atoms with van der Waals surface area (Å²) in [6, 6.07) is 4.68. The molecule has 1 aliphatic rings. The normalized spacial score (nSPS) is 17.5. The predicted molar refractivity (Wildman–Crippen MR) is 82.1 cm³/mol. The molecular weight excluding hydrogens is 269 g/mol. The quantitative estimate of drug-likeness (QED) is 0.753. The van der Waals surface area contributed by atoms with Gasteiger partial charge in [0.1, 0.15) is 11.6 Å². The van der Waals surface area contributed by atoms with Gasteiger partial charge in [-0.1, -0.05) is 6.92 Å². The van der Waals surface area contributed by atoms with E-state index >= 15 is 0 Å². The van der Waals surface area contributed by atoms with E-state index in [1.807, 2.05) is 6.92 Å². The van der Waals surface area contributed by atoms with Crippen molar-refractivity contribution in [2.24, 2.45) is 5.92 Å². The number of methoxy groups -OCH3 is 1. The molecule has 1 aromatic rings. The van der Waals surface area contributed by atoms with Gasteiger partial charge in [-0.05, 0) is 56.8 Å². The molecule has 0 amide bonds. The SMILES string of the molecule is CCCNC(c1cc(F)ccc1OC)C(OCC)C1CC1. The van der Waals surface area contributed by atoms with Gasteiger partial charge in [0.2, 0.25) is 0 Å². The van der Waals surface area contributed by atoms with Gasteiger partial charge >= 0.3 is 0 Å². The highest BCUT2D eigenvalue weighted by atomic mass is 19.1. The van der Waals surface area contributed by atoms with Crippen LogP contribution in [0.4, 0.5) is 4.39 Å². The molecule has 4 heteroatoms. The largest absolute Gasteiger partial charge is 0.496 e. The molecule has 0 aromatic heterocycles. The number of halogens is 1. The Balaban J connectivity index is 2.31. The molecule has 1 aromatic carbocycles. The van der Waals surface area contributed by atoms with Crippen LogP contribution < -0.4 is 10.1 Å². The molecule has 118 valence electrons. The van der Waals surface area contributed by atoms with E-state index in [9.17, 15) is 4.39 Å². The fourth-order valence-corrected chi connectivity index (χ4v) is 2.77. The molecule has 2 rings (SSSR count). The fraction of sp³-hybridized carbons (Fsp3) is 0.647. The first-order valence-electron chi connectivity index (χ1n) is 7.89. The second-order valence-electron chi connectivity index (χ2n) is 5.58. The van der Waals surface area contributed by atoms with Crippen LogP contribution in [0.15, 0.2) is 18.2 Å². The third kappa shape index (κ3) is 4.17. The lowest BCUT2D eigenvalue weighted by atomic mass is 9.96. The molecule has 2 atom stereocenters. The number of benzene rings is 1. The molecule has 3 nitrogen and oxygen atoms in total. The summed E-state index contributed by atoms with van der Waals surface area (Å²) < 4.78 is 25.1. The number of hydrogen-bond donors (Lipinski definition) is 1. The van der Waals surface area contributed by atoms with Gasteiger partial charge in [-0.2, -0.15) is 0 Å². The Hall–Kier alpha value is -1.13. The molecule has 0 bridgehead atoms. The Morgan fingerprint density at radius 1 is 1.33 bits per heavy atom. The number of hydrogen-bond acceptors (Lipinski definition) is 3. The summed E-state index contributed by atoms with van der Waals surface area (Å²) in [5.41, 5.74) is 0.858. The number of rotatable bonds is 9. The van der Waals surface area contributed by atoms with E-state index in [0.717, 1.165) is 24.3 Å². The van der Waals surface area contributed by atoms with E-state index < -0.39 is 0 Å². The van der Waals surface area contributed by atoms with Gasteiger partial charge in [-0.25, -0.2) is 4.39 Å². The molecule has 2 unspecified atom stereocenters. The van der Waals surface area contributed by atoms with Crippen molar-refractivity contribution >= 4 is 0 Å². The minimum Gasteiger partial charge on any atom is -0.496 e. The summed E-state index contributed by atoms with van der Waals surface area (Å²) in [5.74, 6) is 1.04. The molecule has 1 aliphatic carbocycles.